The van der Waals surface area contributed by atoms with E-state index in [1.54, 1.807) is 19.1 Å². The van der Waals surface area contributed by atoms with Gasteiger partial charge in [-0.25, -0.2) is 8.42 Å². The highest BCUT2D eigenvalue weighted by Gasteiger charge is 2.32. The van der Waals surface area contributed by atoms with Gasteiger partial charge in [-0.1, -0.05) is 36.4 Å². The monoisotopic (exact) mass is 445 g/mol. The lowest BCUT2D eigenvalue weighted by molar-refractivity contribution is -0.917. The van der Waals surface area contributed by atoms with Gasteiger partial charge in [-0.15, -0.1) is 0 Å². The van der Waals surface area contributed by atoms with Gasteiger partial charge in [0.25, 0.3) is 11.6 Å². The first-order chi connectivity index (χ1) is 14.8. The summed E-state index contributed by atoms with van der Waals surface area (Å²) in [7, 11) is -3.54. The van der Waals surface area contributed by atoms with Gasteiger partial charge in [0, 0.05) is 23.2 Å². The number of nitrogens with one attached hydrogen (secondary N) is 2. The average molecular weight is 446 g/mol. The normalized spacial score (nSPS) is 16.8. The number of anilines is 1. The summed E-state index contributed by atoms with van der Waals surface area (Å²) in [6, 6.07) is 14.6. The molecule has 2 aromatic carbocycles. The number of nitrogens with zero attached hydrogens (tertiary/aromatic N) is 2. The average Bonchev–Trinajstić information content (AvgIpc) is 2.78. The molecule has 1 fully saturated rings. The Kier molecular flexibility index (Phi) is 7.16. The summed E-state index contributed by atoms with van der Waals surface area (Å²) in [6.07, 6.45) is 1.57. The largest absolute Gasteiger partial charge is 0.323 e. The Balaban J connectivity index is 1.56. The summed E-state index contributed by atoms with van der Waals surface area (Å²) in [5.41, 5.74) is 1.07. The molecule has 0 bridgehead atoms. The Morgan fingerprint density at radius 2 is 1.84 bits per heavy atom. The van der Waals surface area contributed by atoms with E-state index in [2.05, 4.69) is 5.32 Å². The second kappa shape index (κ2) is 9.82. The third-order valence-corrected chi connectivity index (χ3v) is 6.85. The molecular formula is C21H25N4O5S+. The van der Waals surface area contributed by atoms with Gasteiger partial charge in [0.1, 0.15) is 0 Å². The van der Waals surface area contributed by atoms with E-state index in [4.69, 9.17) is 0 Å². The van der Waals surface area contributed by atoms with E-state index in [0.29, 0.717) is 31.9 Å². The number of nitro benzene ring substituents is 1. The molecule has 0 saturated carbocycles. The minimum absolute atomic E-state index is 0.0971. The van der Waals surface area contributed by atoms with Gasteiger partial charge in [-0.3, -0.25) is 14.9 Å². The van der Waals surface area contributed by atoms with Gasteiger partial charge in [-0.05, 0) is 24.6 Å². The molecule has 1 atom stereocenters. The molecule has 164 valence electrons. The zero-order valence-corrected chi connectivity index (χ0v) is 17.9. The molecule has 3 rings (SSSR count). The highest BCUT2D eigenvalue weighted by atomic mass is 32.2. The summed E-state index contributed by atoms with van der Waals surface area (Å²) in [4.78, 5) is 23.9. The Morgan fingerprint density at radius 3 is 2.48 bits per heavy atom. The van der Waals surface area contributed by atoms with E-state index in [1.807, 2.05) is 30.3 Å². The Labute approximate surface area is 181 Å². The van der Waals surface area contributed by atoms with Gasteiger partial charge in [0.05, 0.1) is 31.1 Å². The first-order valence-corrected chi connectivity index (χ1v) is 11.4. The standard InChI is InChI=1S/C21H24N4O5S/c1-17(21(26)22-19-8-5-9-20(16-19)25(27)28)23-11-13-24(14-12-23)31(29,30)15-10-18-6-3-2-4-7-18/h2-10,15-17H,11-14H2,1H3,(H,22,26)/p+1/b15-10+/t17-/m0/s1. The van der Waals surface area contributed by atoms with E-state index in [-0.39, 0.29) is 11.6 Å². The Bertz CT molecular complexity index is 1060. The summed E-state index contributed by atoms with van der Waals surface area (Å²) < 4.78 is 26.6. The molecule has 1 heterocycles. The molecule has 1 aliphatic heterocycles. The number of hydrogen-bond donors (Lipinski definition) is 2. The van der Waals surface area contributed by atoms with Crippen molar-refractivity contribution in [3.63, 3.8) is 0 Å². The molecule has 0 spiro atoms. The van der Waals surface area contributed by atoms with E-state index in [1.165, 1.54) is 27.9 Å². The molecule has 1 amide bonds. The molecule has 0 aliphatic carbocycles. The van der Waals surface area contributed by atoms with E-state index in [0.717, 1.165) is 10.5 Å². The van der Waals surface area contributed by atoms with Crippen molar-refractivity contribution in [3.05, 3.63) is 75.7 Å². The van der Waals surface area contributed by atoms with Crippen LogP contribution in [0.4, 0.5) is 11.4 Å². The fourth-order valence-electron chi connectivity index (χ4n) is 3.41. The number of quaternary nitrogens is 1. The van der Waals surface area contributed by atoms with E-state index in [9.17, 15) is 23.3 Å². The van der Waals surface area contributed by atoms with Crippen molar-refractivity contribution in [2.75, 3.05) is 31.5 Å². The predicted molar refractivity (Wildman–Crippen MR) is 118 cm³/mol. The highest BCUT2D eigenvalue weighted by Crippen LogP contribution is 2.17. The molecule has 31 heavy (non-hydrogen) atoms. The van der Waals surface area contributed by atoms with Crippen molar-refractivity contribution >= 4 is 33.4 Å². The zero-order valence-electron chi connectivity index (χ0n) is 17.1. The third kappa shape index (κ3) is 5.97. The summed E-state index contributed by atoms with van der Waals surface area (Å²) in [5, 5.41) is 14.8. The molecule has 0 unspecified atom stereocenters. The number of carbonyl (C=O) groups excluding carboxylic acids is 1. The van der Waals surface area contributed by atoms with Gasteiger partial charge >= 0.3 is 0 Å². The molecule has 0 radical (unpaired) electrons. The molecule has 2 aromatic rings. The number of sulfonamides is 1. The Hall–Kier alpha value is -3.08. The smallest absolute Gasteiger partial charge is 0.282 e. The molecular weight excluding hydrogens is 420 g/mol. The molecule has 10 heteroatoms. The van der Waals surface area contributed by atoms with Crippen LogP contribution in [-0.4, -0.2) is 55.8 Å². The highest BCUT2D eigenvalue weighted by molar-refractivity contribution is 7.92. The summed E-state index contributed by atoms with van der Waals surface area (Å²) >= 11 is 0. The summed E-state index contributed by atoms with van der Waals surface area (Å²) in [6.45, 7) is 3.36. The van der Waals surface area contributed by atoms with Crippen LogP contribution in [0.15, 0.2) is 60.0 Å². The fraction of sp³-hybridized carbons (Fsp3) is 0.286. The number of hydrogen-bond acceptors (Lipinski definition) is 5. The number of amides is 1. The number of rotatable bonds is 7. The van der Waals surface area contributed by atoms with Gasteiger partial charge < -0.3 is 10.2 Å². The number of piperazine rings is 1. The van der Waals surface area contributed by atoms with Crippen LogP contribution in [0.2, 0.25) is 0 Å². The van der Waals surface area contributed by atoms with Crippen LogP contribution in [0.1, 0.15) is 12.5 Å². The fourth-order valence-corrected chi connectivity index (χ4v) is 4.60. The molecule has 2 N–H and O–H groups in total. The zero-order chi connectivity index (χ0) is 22.4. The maximum absolute atomic E-state index is 12.6. The lowest BCUT2D eigenvalue weighted by Crippen LogP contribution is -3.19. The first kappa shape index (κ1) is 22.6. The van der Waals surface area contributed by atoms with Crippen molar-refractivity contribution in [2.24, 2.45) is 0 Å². The van der Waals surface area contributed by atoms with E-state index >= 15 is 0 Å². The van der Waals surface area contributed by atoms with Crippen LogP contribution in [-0.2, 0) is 14.8 Å². The number of non-ortho nitro benzene ring substituents is 1. The number of carbonyl (C=O) groups is 1. The topological polar surface area (TPSA) is 114 Å². The maximum Gasteiger partial charge on any atom is 0.282 e. The minimum atomic E-state index is -3.54. The van der Waals surface area contributed by atoms with Crippen molar-refractivity contribution in [2.45, 2.75) is 13.0 Å². The van der Waals surface area contributed by atoms with Gasteiger partial charge in [0.2, 0.25) is 10.0 Å². The molecule has 0 aromatic heterocycles. The van der Waals surface area contributed by atoms with Crippen molar-refractivity contribution < 1.29 is 23.0 Å². The van der Waals surface area contributed by atoms with Crippen molar-refractivity contribution in [3.8, 4) is 0 Å². The second-order valence-electron chi connectivity index (χ2n) is 7.33. The van der Waals surface area contributed by atoms with Crippen LogP contribution in [0, 0.1) is 10.1 Å². The number of nitro groups is 1. The first-order valence-electron chi connectivity index (χ1n) is 9.89. The van der Waals surface area contributed by atoms with Crippen molar-refractivity contribution in [1.29, 1.82) is 0 Å². The molecule has 9 nitrogen and oxygen atoms in total. The summed E-state index contributed by atoms with van der Waals surface area (Å²) in [5.74, 6) is -0.268. The second-order valence-corrected chi connectivity index (χ2v) is 9.15. The lowest BCUT2D eigenvalue weighted by atomic mass is 10.2. The van der Waals surface area contributed by atoms with Crippen LogP contribution in [0.25, 0.3) is 6.08 Å². The van der Waals surface area contributed by atoms with Crippen LogP contribution < -0.4 is 10.2 Å². The minimum Gasteiger partial charge on any atom is -0.323 e. The molecule has 1 aliphatic rings. The lowest BCUT2D eigenvalue weighted by Gasteiger charge is -2.33. The van der Waals surface area contributed by atoms with Crippen LogP contribution >= 0.6 is 0 Å². The van der Waals surface area contributed by atoms with Crippen LogP contribution in [0.3, 0.4) is 0 Å². The Morgan fingerprint density at radius 1 is 1.16 bits per heavy atom. The number of benzene rings is 2. The third-order valence-electron chi connectivity index (χ3n) is 5.29. The van der Waals surface area contributed by atoms with E-state index < -0.39 is 21.0 Å². The van der Waals surface area contributed by atoms with Gasteiger partial charge in [0.15, 0.2) is 6.04 Å². The van der Waals surface area contributed by atoms with Crippen LogP contribution in [0.5, 0.6) is 0 Å². The quantitative estimate of drug-likeness (QED) is 0.490. The maximum atomic E-state index is 12.6. The molecule has 1 saturated heterocycles. The SMILES string of the molecule is C[C@@H](C(=O)Nc1cccc([N+](=O)[O-])c1)[NH+]1CCN(S(=O)(=O)/C=C/c2ccccc2)CC1. The van der Waals surface area contributed by atoms with Crippen molar-refractivity contribution in [1.82, 2.24) is 4.31 Å². The predicted octanol–water partition coefficient (Wildman–Crippen LogP) is 1.12. The van der Waals surface area contributed by atoms with Gasteiger partial charge in [-0.2, -0.15) is 4.31 Å².